The number of fused-ring (bicyclic) bond motifs is 1. The number of benzene rings is 2. The topological polar surface area (TPSA) is 50.6 Å². The van der Waals surface area contributed by atoms with Crippen LogP contribution in [-0.2, 0) is 11.3 Å². The summed E-state index contributed by atoms with van der Waals surface area (Å²) < 4.78 is 7.92. The molecule has 1 atom stereocenters. The highest BCUT2D eigenvalue weighted by molar-refractivity contribution is 5.79. The zero-order chi connectivity index (χ0) is 22.9. The summed E-state index contributed by atoms with van der Waals surface area (Å²) in [5.41, 5.74) is 4.20. The predicted octanol–water partition coefficient (Wildman–Crippen LogP) is 5.23. The van der Waals surface area contributed by atoms with Gasteiger partial charge in [0.2, 0.25) is 5.95 Å². The van der Waals surface area contributed by atoms with Crippen molar-refractivity contribution in [2.75, 3.05) is 25.0 Å². The number of para-hydroxylation sites is 2. The van der Waals surface area contributed by atoms with Gasteiger partial charge in [-0.05, 0) is 63.8 Å². The predicted molar refractivity (Wildman–Crippen MR) is 129 cm³/mol. The molecule has 1 aliphatic heterocycles. The lowest BCUT2D eigenvalue weighted by Gasteiger charge is -2.38. The van der Waals surface area contributed by atoms with Crippen LogP contribution in [0, 0.1) is 6.92 Å². The van der Waals surface area contributed by atoms with Crippen LogP contribution in [-0.4, -0.2) is 52.3 Å². The molecule has 1 aliphatic rings. The first-order valence-corrected chi connectivity index (χ1v) is 11.4. The number of hydrogen-bond donors (Lipinski definition) is 0. The van der Waals surface area contributed by atoms with E-state index >= 15 is 0 Å². The summed E-state index contributed by atoms with van der Waals surface area (Å²) >= 11 is 0. The SMILES string of the molecule is Cc1ccccc1Cn1c(N2CCC[C@@H](N(C)C(=O)OC(C)(C)C)C2)nc2ccccc21. The van der Waals surface area contributed by atoms with Crippen molar-refractivity contribution in [2.45, 2.75) is 58.7 Å². The first-order chi connectivity index (χ1) is 15.2. The van der Waals surface area contributed by atoms with Crippen LogP contribution in [0.2, 0.25) is 0 Å². The highest BCUT2D eigenvalue weighted by Gasteiger charge is 2.31. The highest BCUT2D eigenvalue weighted by atomic mass is 16.6. The number of rotatable bonds is 4. The lowest BCUT2D eigenvalue weighted by Crippen LogP contribution is -2.50. The monoisotopic (exact) mass is 434 g/mol. The Labute approximate surface area is 190 Å². The molecule has 6 heteroatoms. The Hall–Kier alpha value is -3.02. The van der Waals surface area contributed by atoms with E-state index < -0.39 is 5.60 Å². The molecule has 3 aromatic rings. The number of amides is 1. The van der Waals surface area contributed by atoms with Gasteiger partial charge in [0, 0.05) is 20.1 Å². The van der Waals surface area contributed by atoms with Crippen LogP contribution in [0.5, 0.6) is 0 Å². The van der Waals surface area contributed by atoms with E-state index in [0.29, 0.717) is 0 Å². The zero-order valence-corrected chi connectivity index (χ0v) is 19.8. The largest absolute Gasteiger partial charge is 0.444 e. The fourth-order valence-corrected chi connectivity index (χ4v) is 4.35. The molecule has 1 aromatic heterocycles. The van der Waals surface area contributed by atoms with Crippen LogP contribution in [0.1, 0.15) is 44.7 Å². The quantitative estimate of drug-likeness (QED) is 0.564. The maximum atomic E-state index is 12.7. The van der Waals surface area contributed by atoms with Crippen molar-refractivity contribution in [3.8, 4) is 0 Å². The normalized spacial score (nSPS) is 16.9. The van der Waals surface area contributed by atoms with Gasteiger partial charge in [-0.1, -0.05) is 36.4 Å². The molecular weight excluding hydrogens is 400 g/mol. The summed E-state index contributed by atoms with van der Waals surface area (Å²) in [5, 5.41) is 0. The Morgan fingerprint density at radius 3 is 2.62 bits per heavy atom. The molecule has 0 saturated carbocycles. The standard InChI is InChI=1S/C26H34N4O2/c1-19-11-6-7-12-20(19)17-30-23-15-9-8-14-22(23)27-24(30)29-16-10-13-21(18-29)28(5)25(31)32-26(2,3)4/h6-9,11-12,14-15,21H,10,13,16-18H2,1-5H3/t21-/m1/s1. The summed E-state index contributed by atoms with van der Waals surface area (Å²) in [4.78, 5) is 21.7. The molecule has 0 N–H and O–H groups in total. The molecule has 1 fully saturated rings. The number of carbonyl (C=O) groups is 1. The number of likely N-dealkylation sites (N-methyl/N-ethyl adjacent to an activating group) is 1. The van der Waals surface area contributed by atoms with Gasteiger partial charge in [-0.25, -0.2) is 9.78 Å². The minimum atomic E-state index is -0.499. The second kappa shape index (κ2) is 8.85. The number of ether oxygens (including phenoxy) is 1. The minimum absolute atomic E-state index is 0.0883. The average molecular weight is 435 g/mol. The third-order valence-electron chi connectivity index (χ3n) is 6.13. The van der Waals surface area contributed by atoms with E-state index in [4.69, 9.17) is 9.72 Å². The van der Waals surface area contributed by atoms with E-state index in [-0.39, 0.29) is 12.1 Å². The molecule has 170 valence electrons. The van der Waals surface area contributed by atoms with E-state index in [1.54, 1.807) is 4.90 Å². The smallest absolute Gasteiger partial charge is 0.410 e. The van der Waals surface area contributed by atoms with Crippen molar-refractivity contribution in [3.63, 3.8) is 0 Å². The molecule has 2 heterocycles. The van der Waals surface area contributed by atoms with E-state index in [2.05, 4.69) is 58.9 Å². The summed E-state index contributed by atoms with van der Waals surface area (Å²) in [6.07, 6.45) is 1.70. The zero-order valence-electron chi connectivity index (χ0n) is 19.8. The van der Waals surface area contributed by atoms with E-state index in [1.807, 2.05) is 33.9 Å². The molecule has 4 rings (SSSR count). The van der Waals surface area contributed by atoms with Gasteiger partial charge in [-0.2, -0.15) is 0 Å². The van der Waals surface area contributed by atoms with Crippen molar-refractivity contribution in [2.24, 2.45) is 0 Å². The van der Waals surface area contributed by atoms with Crippen molar-refractivity contribution in [1.82, 2.24) is 14.5 Å². The number of hydrogen-bond acceptors (Lipinski definition) is 4. The minimum Gasteiger partial charge on any atom is -0.444 e. The molecule has 2 aromatic carbocycles. The lowest BCUT2D eigenvalue weighted by molar-refractivity contribution is 0.0209. The first-order valence-electron chi connectivity index (χ1n) is 11.4. The number of nitrogens with zero attached hydrogens (tertiary/aromatic N) is 4. The second-order valence-corrected chi connectivity index (χ2v) is 9.75. The maximum Gasteiger partial charge on any atom is 0.410 e. The molecule has 1 amide bonds. The molecule has 0 aliphatic carbocycles. The van der Waals surface area contributed by atoms with E-state index in [1.165, 1.54) is 11.1 Å². The molecule has 0 spiro atoms. The Kier molecular flexibility index (Phi) is 6.13. The molecule has 6 nitrogen and oxygen atoms in total. The Morgan fingerprint density at radius 2 is 1.88 bits per heavy atom. The van der Waals surface area contributed by atoms with Gasteiger partial charge in [0.15, 0.2) is 0 Å². The van der Waals surface area contributed by atoms with Crippen LogP contribution in [0.15, 0.2) is 48.5 Å². The summed E-state index contributed by atoms with van der Waals surface area (Å²) in [5.74, 6) is 0.969. The van der Waals surface area contributed by atoms with Gasteiger partial charge in [-0.15, -0.1) is 0 Å². The van der Waals surface area contributed by atoms with Gasteiger partial charge in [0.1, 0.15) is 5.60 Å². The van der Waals surface area contributed by atoms with Crippen molar-refractivity contribution >= 4 is 23.1 Å². The van der Waals surface area contributed by atoms with E-state index in [9.17, 15) is 4.79 Å². The van der Waals surface area contributed by atoms with Crippen LogP contribution >= 0.6 is 0 Å². The van der Waals surface area contributed by atoms with Gasteiger partial charge in [0.25, 0.3) is 0 Å². The highest BCUT2D eigenvalue weighted by Crippen LogP contribution is 2.28. The van der Waals surface area contributed by atoms with Gasteiger partial charge in [-0.3, -0.25) is 0 Å². The van der Waals surface area contributed by atoms with E-state index in [0.717, 1.165) is 49.5 Å². The molecule has 0 unspecified atom stereocenters. The molecule has 0 bridgehead atoms. The molecule has 1 saturated heterocycles. The van der Waals surface area contributed by atoms with Crippen LogP contribution in [0.3, 0.4) is 0 Å². The third-order valence-corrected chi connectivity index (χ3v) is 6.13. The number of imidazole rings is 1. The average Bonchev–Trinajstić information content (AvgIpc) is 3.12. The number of aryl methyl sites for hydroxylation is 1. The maximum absolute atomic E-state index is 12.7. The van der Waals surface area contributed by atoms with Gasteiger partial charge >= 0.3 is 6.09 Å². The fraction of sp³-hybridized carbons (Fsp3) is 0.462. The van der Waals surface area contributed by atoms with Crippen molar-refractivity contribution in [1.29, 1.82) is 0 Å². The Bertz CT molecular complexity index is 1100. The first kappa shape index (κ1) is 22.2. The second-order valence-electron chi connectivity index (χ2n) is 9.75. The molecular formula is C26H34N4O2. The fourth-order valence-electron chi connectivity index (χ4n) is 4.35. The molecule has 32 heavy (non-hydrogen) atoms. The summed E-state index contributed by atoms with van der Waals surface area (Å²) in [7, 11) is 1.85. The summed E-state index contributed by atoms with van der Waals surface area (Å²) in [6.45, 7) is 10.3. The third kappa shape index (κ3) is 4.74. The number of aromatic nitrogens is 2. The summed E-state index contributed by atoms with van der Waals surface area (Å²) in [6, 6.07) is 16.9. The number of piperidine rings is 1. The van der Waals surface area contributed by atoms with Crippen LogP contribution in [0.25, 0.3) is 11.0 Å². The van der Waals surface area contributed by atoms with Crippen LogP contribution in [0.4, 0.5) is 10.7 Å². The van der Waals surface area contributed by atoms with Gasteiger partial charge < -0.3 is 19.1 Å². The lowest BCUT2D eigenvalue weighted by atomic mass is 10.1. The molecule has 0 radical (unpaired) electrons. The number of carbonyl (C=O) groups excluding carboxylic acids is 1. The van der Waals surface area contributed by atoms with Crippen molar-refractivity contribution < 1.29 is 9.53 Å². The number of anilines is 1. The van der Waals surface area contributed by atoms with Gasteiger partial charge in [0.05, 0.1) is 23.6 Å². The van der Waals surface area contributed by atoms with Crippen LogP contribution < -0.4 is 4.90 Å². The Balaban J connectivity index is 1.63. The Morgan fingerprint density at radius 1 is 1.16 bits per heavy atom. The van der Waals surface area contributed by atoms with Crippen molar-refractivity contribution in [3.05, 3.63) is 59.7 Å².